The lowest BCUT2D eigenvalue weighted by molar-refractivity contribution is -0.125. The van der Waals surface area contributed by atoms with Crippen LogP contribution in [0, 0.1) is 0 Å². The highest BCUT2D eigenvalue weighted by Crippen LogP contribution is 2.36. The molecule has 7 nitrogen and oxygen atoms in total. The summed E-state index contributed by atoms with van der Waals surface area (Å²) in [6.07, 6.45) is -0.593. The molecule has 158 valence electrons. The van der Waals surface area contributed by atoms with Crippen LogP contribution in [0.15, 0.2) is 78.9 Å². The first-order chi connectivity index (χ1) is 15.1. The van der Waals surface area contributed by atoms with Crippen LogP contribution in [0.3, 0.4) is 0 Å². The smallest absolute Gasteiger partial charge is 0.323 e. The first-order valence-corrected chi connectivity index (χ1v) is 10.0. The molecule has 4 rings (SSSR count). The number of anilines is 3. The zero-order valence-corrected chi connectivity index (χ0v) is 17.1. The van der Waals surface area contributed by atoms with Gasteiger partial charge in [0.2, 0.25) is 0 Å². The fourth-order valence-electron chi connectivity index (χ4n) is 3.30. The van der Waals surface area contributed by atoms with Gasteiger partial charge in [-0.2, -0.15) is 0 Å². The number of amides is 3. The second kappa shape index (κ2) is 9.21. The van der Waals surface area contributed by atoms with Gasteiger partial charge in [0, 0.05) is 11.4 Å². The molecule has 1 aliphatic rings. The molecule has 1 atom stereocenters. The molecule has 31 heavy (non-hydrogen) atoms. The third-order valence-electron chi connectivity index (χ3n) is 4.78. The summed E-state index contributed by atoms with van der Waals surface area (Å²) in [6.45, 7) is 2.40. The van der Waals surface area contributed by atoms with E-state index in [0.717, 1.165) is 5.75 Å². The molecule has 7 heteroatoms. The number of rotatable bonds is 6. The Labute approximate surface area is 180 Å². The monoisotopic (exact) mass is 417 g/mol. The van der Waals surface area contributed by atoms with Gasteiger partial charge in [-0.05, 0) is 49.4 Å². The van der Waals surface area contributed by atoms with Gasteiger partial charge >= 0.3 is 6.03 Å². The van der Waals surface area contributed by atoms with Crippen molar-refractivity contribution in [1.82, 2.24) is 0 Å². The molecule has 2 N–H and O–H groups in total. The largest absolute Gasteiger partial charge is 0.492 e. The van der Waals surface area contributed by atoms with Crippen molar-refractivity contribution >= 4 is 29.0 Å². The van der Waals surface area contributed by atoms with E-state index in [1.165, 1.54) is 0 Å². The third-order valence-corrected chi connectivity index (χ3v) is 4.78. The highest BCUT2D eigenvalue weighted by atomic mass is 16.5. The van der Waals surface area contributed by atoms with Crippen LogP contribution < -0.4 is 25.0 Å². The number of nitrogens with one attached hydrogen (secondary N) is 2. The molecule has 0 aromatic heterocycles. The SMILES string of the molecule is CC1Oc2ccc(NC(=O)Nc3ccccc3)cc2N(CCOc2ccccc2)C1=O. The minimum absolute atomic E-state index is 0.157. The average molecular weight is 417 g/mol. The van der Waals surface area contributed by atoms with E-state index in [2.05, 4.69) is 10.6 Å². The number of para-hydroxylation sites is 2. The molecule has 0 spiro atoms. The number of hydrogen-bond donors (Lipinski definition) is 2. The average Bonchev–Trinajstić information content (AvgIpc) is 2.78. The van der Waals surface area contributed by atoms with E-state index in [-0.39, 0.29) is 11.9 Å². The van der Waals surface area contributed by atoms with Gasteiger partial charge in [0.25, 0.3) is 5.91 Å². The van der Waals surface area contributed by atoms with Crippen molar-refractivity contribution in [1.29, 1.82) is 0 Å². The molecule has 0 aliphatic carbocycles. The standard InChI is InChI=1S/C24H23N3O4/c1-17-23(28)27(14-15-30-20-10-6-3-7-11-20)21-16-19(12-13-22(21)31-17)26-24(29)25-18-8-4-2-5-9-18/h2-13,16-17H,14-15H2,1H3,(H2,25,26,29). The van der Waals surface area contributed by atoms with Crippen LogP contribution in [0.4, 0.5) is 21.9 Å². The summed E-state index contributed by atoms with van der Waals surface area (Å²) in [7, 11) is 0. The Kier molecular flexibility index (Phi) is 6.03. The van der Waals surface area contributed by atoms with E-state index < -0.39 is 6.10 Å². The van der Waals surface area contributed by atoms with Crippen molar-refractivity contribution in [3.8, 4) is 11.5 Å². The number of carbonyl (C=O) groups is 2. The third kappa shape index (κ3) is 4.95. The molecule has 0 fully saturated rings. The van der Waals surface area contributed by atoms with Crippen LogP contribution in [0.5, 0.6) is 11.5 Å². The molecular weight excluding hydrogens is 394 g/mol. The molecule has 3 aromatic rings. The van der Waals surface area contributed by atoms with Crippen LogP contribution >= 0.6 is 0 Å². The van der Waals surface area contributed by atoms with E-state index in [1.54, 1.807) is 42.2 Å². The number of fused-ring (bicyclic) bond motifs is 1. The van der Waals surface area contributed by atoms with Gasteiger partial charge in [-0.1, -0.05) is 36.4 Å². The van der Waals surface area contributed by atoms with Crippen LogP contribution in [-0.4, -0.2) is 31.2 Å². The molecule has 3 amide bonds. The van der Waals surface area contributed by atoms with E-state index in [0.29, 0.717) is 36.0 Å². The topological polar surface area (TPSA) is 79.9 Å². The number of ether oxygens (including phenoxy) is 2. The minimum Gasteiger partial charge on any atom is -0.492 e. The molecule has 0 radical (unpaired) electrons. The van der Waals surface area contributed by atoms with Crippen LogP contribution in [-0.2, 0) is 4.79 Å². The molecule has 1 aliphatic heterocycles. The van der Waals surface area contributed by atoms with E-state index in [9.17, 15) is 9.59 Å². The van der Waals surface area contributed by atoms with Crippen molar-refractivity contribution in [2.75, 3.05) is 28.7 Å². The molecule has 0 bridgehead atoms. The molecule has 1 heterocycles. The molecule has 0 saturated heterocycles. The number of hydrogen-bond acceptors (Lipinski definition) is 4. The lowest BCUT2D eigenvalue weighted by Gasteiger charge is -2.33. The number of nitrogens with zero attached hydrogens (tertiary/aromatic N) is 1. The van der Waals surface area contributed by atoms with Gasteiger partial charge in [-0.3, -0.25) is 4.79 Å². The van der Waals surface area contributed by atoms with Gasteiger partial charge < -0.3 is 25.0 Å². The van der Waals surface area contributed by atoms with Crippen LogP contribution in [0.2, 0.25) is 0 Å². The van der Waals surface area contributed by atoms with Crippen LogP contribution in [0.1, 0.15) is 6.92 Å². The van der Waals surface area contributed by atoms with Crippen molar-refractivity contribution in [3.63, 3.8) is 0 Å². The second-order valence-electron chi connectivity index (χ2n) is 7.04. The Morgan fingerprint density at radius 1 is 0.968 bits per heavy atom. The lowest BCUT2D eigenvalue weighted by Crippen LogP contribution is -2.46. The molecule has 0 saturated carbocycles. The Bertz CT molecular complexity index is 1060. The van der Waals surface area contributed by atoms with E-state index in [1.807, 2.05) is 48.5 Å². The fraction of sp³-hybridized carbons (Fsp3) is 0.167. The number of benzene rings is 3. The first-order valence-electron chi connectivity index (χ1n) is 10.0. The Morgan fingerprint density at radius 3 is 2.39 bits per heavy atom. The zero-order chi connectivity index (χ0) is 21.6. The molecule has 3 aromatic carbocycles. The van der Waals surface area contributed by atoms with Gasteiger partial charge in [0.05, 0.1) is 12.2 Å². The van der Waals surface area contributed by atoms with Gasteiger partial charge in [0.1, 0.15) is 18.1 Å². The predicted octanol–water partition coefficient (Wildman–Crippen LogP) is 4.52. The minimum atomic E-state index is -0.593. The summed E-state index contributed by atoms with van der Waals surface area (Å²) >= 11 is 0. The van der Waals surface area contributed by atoms with Crippen molar-refractivity contribution in [3.05, 3.63) is 78.9 Å². The molecule has 1 unspecified atom stereocenters. The summed E-state index contributed by atoms with van der Waals surface area (Å²) < 4.78 is 11.5. The van der Waals surface area contributed by atoms with E-state index >= 15 is 0 Å². The van der Waals surface area contributed by atoms with E-state index in [4.69, 9.17) is 9.47 Å². The molecular formula is C24H23N3O4. The summed E-state index contributed by atoms with van der Waals surface area (Å²) in [6, 6.07) is 23.4. The Balaban J connectivity index is 1.47. The van der Waals surface area contributed by atoms with Crippen molar-refractivity contribution in [2.45, 2.75) is 13.0 Å². The maximum atomic E-state index is 12.8. The summed E-state index contributed by atoms with van der Waals surface area (Å²) in [4.78, 5) is 26.7. The highest BCUT2D eigenvalue weighted by Gasteiger charge is 2.31. The predicted molar refractivity (Wildman–Crippen MR) is 120 cm³/mol. The summed E-state index contributed by atoms with van der Waals surface area (Å²) in [5.41, 5.74) is 1.83. The normalized spacial score (nSPS) is 14.9. The maximum Gasteiger partial charge on any atom is 0.323 e. The Hall–Kier alpha value is -4.00. The first kappa shape index (κ1) is 20.3. The zero-order valence-electron chi connectivity index (χ0n) is 17.1. The highest BCUT2D eigenvalue weighted by molar-refractivity contribution is 6.03. The van der Waals surface area contributed by atoms with Crippen LogP contribution in [0.25, 0.3) is 0 Å². The number of carbonyl (C=O) groups excluding carboxylic acids is 2. The summed E-state index contributed by atoms with van der Waals surface area (Å²) in [5.74, 6) is 1.17. The van der Waals surface area contributed by atoms with Gasteiger partial charge in [0.15, 0.2) is 6.10 Å². The quantitative estimate of drug-likeness (QED) is 0.618. The number of urea groups is 1. The maximum absolute atomic E-state index is 12.8. The van der Waals surface area contributed by atoms with Gasteiger partial charge in [-0.25, -0.2) is 4.79 Å². The Morgan fingerprint density at radius 2 is 1.65 bits per heavy atom. The lowest BCUT2D eigenvalue weighted by atomic mass is 10.1. The second-order valence-corrected chi connectivity index (χ2v) is 7.04. The fourth-order valence-corrected chi connectivity index (χ4v) is 3.30. The van der Waals surface area contributed by atoms with Crippen molar-refractivity contribution in [2.24, 2.45) is 0 Å². The van der Waals surface area contributed by atoms with Gasteiger partial charge in [-0.15, -0.1) is 0 Å². The van der Waals surface area contributed by atoms with Crippen molar-refractivity contribution < 1.29 is 19.1 Å². The summed E-state index contributed by atoms with van der Waals surface area (Å²) in [5, 5.41) is 5.56.